The largest absolute Gasteiger partial charge is 0.320 e. The molecule has 1 N–H and O–H groups in total. The summed E-state index contributed by atoms with van der Waals surface area (Å²) in [5, 5.41) is 3.00. The molecule has 0 spiro atoms. The van der Waals surface area contributed by atoms with Gasteiger partial charge in [-0.3, -0.25) is 0 Å². The van der Waals surface area contributed by atoms with Crippen molar-refractivity contribution in [3.63, 3.8) is 0 Å². The lowest BCUT2D eigenvalue weighted by Gasteiger charge is -2.02. The van der Waals surface area contributed by atoms with E-state index in [1.807, 2.05) is 14.0 Å². The molecular formula is C9H21NO2S. The zero-order valence-electron chi connectivity index (χ0n) is 8.67. The molecule has 0 aliphatic carbocycles. The molecule has 0 aliphatic rings. The highest BCUT2D eigenvalue weighted by Gasteiger charge is 2.08. The average Bonchev–Trinajstić information content (AvgIpc) is 2.09. The van der Waals surface area contributed by atoms with Gasteiger partial charge in [0.1, 0.15) is 9.84 Å². The van der Waals surface area contributed by atoms with E-state index in [-0.39, 0.29) is 0 Å². The zero-order chi connectivity index (χ0) is 10.2. The normalized spacial score (nSPS) is 11.8. The van der Waals surface area contributed by atoms with E-state index in [0.717, 1.165) is 32.2 Å². The molecule has 0 aliphatic heterocycles. The van der Waals surface area contributed by atoms with Crippen molar-refractivity contribution >= 4 is 9.84 Å². The molecule has 13 heavy (non-hydrogen) atoms. The van der Waals surface area contributed by atoms with Gasteiger partial charge in [-0.2, -0.15) is 0 Å². The second-order valence-electron chi connectivity index (χ2n) is 3.32. The van der Waals surface area contributed by atoms with E-state index in [4.69, 9.17) is 0 Å². The molecule has 0 aromatic heterocycles. The van der Waals surface area contributed by atoms with Crippen LogP contribution in [0.4, 0.5) is 0 Å². The van der Waals surface area contributed by atoms with Crippen molar-refractivity contribution in [1.29, 1.82) is 0 Å². The summed E-state index contributed by atoms with van der Waals surface area (Å²) in [5.41, 5.74) is 0. The minimum atomic E-state index is -2.75. The first-order chi connectivity index (χ1) is 6.12. The maximum Gasteiger partial charge on any atom is 0.150 e. The van der Waals surface area contributed by atoms with Gasteiger partial charge in [-0.1, -0.05) is 13.3 Å². The van der Waals surface area contributed by atoms with Crippen LogP contribution < -0.4 is 5.32 Å². The molecule has 0 saturated heterocycles. The Kier molecular flexibility index (Phi) is 7.28. The average molecular weight is 207 g/mol. The number of sulfone groups is 1. The Morgan fingerprint density at radius 1 is 1.08 bits per heavy atom. The van der Waals surface area contributed by atoms with Crippen LogP contribution in [0.15, 0.2) is 0 Å². The number of rotatable bonds is 8. The smallest absolute Gasteiger partial charge is 0.150 e. The molecule has 0 rings (SSSR count). The highest BCUT2D eigenvalue weighted by atomic mass is 32.2. The fourth-order valence-electron chi connectivity index (χ4n) is 1.09. The SMILES string of the molecule is CCCCS(=O)(=O)CCCCNC. The van der Waals surface area contributed by atoms with Crippen LogP contribution in [0.5, 0.6) is 0 Å². The predicted octanol–water partition coefficient (Wildman–Crippen LogP) is 1.20. The second-order valence-corrected chi connectivity index (χ2v) is 5.62. The molecule has 4 heteroatoms. The molecule has 0 amide bonds. The van der Waals surface area contributed by atoms with Crippen molar-refractivity contribution < 1.29 is 8.42 Å². The van der Waals surface area contributed by atoms with Crippen LogP contribution in [0.2, 0.25) is 0 Å². The molecule has 3 nitrogen and oxygen atoms in total. The van der Waals surface area contributed by atoms with Gasteiger partial charge >= 0.3 is 0 Å². The Balaban J connectivity index is 3.52. The highest BCUT2D eigenvalue weighted by molar-refractivity contribution is 7.91. The first-order valence-electron chi connectivity index (χ1n) is 4.97. The highest BCUT2D eigenvalue weighted by Crippen LogP contribution is 2.00. The van der Waals surface area contributed by atoms with E-state index in [2.05, 4.69) is 5.32 Å². The van der Waals surface area contributed by atoms with Crippen LogP contribution in [-0.2, 0) is 9.84 Å². The zero-order valence-corrected chi connectivity index (χ0v) is 9.49. The van der Waals surface area contributed by atoms with Crippen LogP contribution in [0, 0.1) is 0 Å². The van der Waals surface area contributed by atoms with Gasteiger partial charge in [-0.05, 0) is 32.9 Å². The van der Waals surface area contributed by atoms with Gasteiger partial charge in [0.2, 0.25) is 0 Å². The topological polar surface area (TPSA) is 46.2 Å². The van der Waals surface area contributed by atoms with Crippen LogP contribution in [0.1, 0.15) is 32.6 Å². The summed E-state index contributed by atoms with van der Waals surface area (Å²) >= 11 is 0. The summed E-state index contributed by atoms with van der Waals surface area (Å²) in [4.78, 5) is 0. The van der Waals surface area contributed by atoms with Gasteiger partial charge in [-0.15, -0.1) is 0 Å². The lowest BCUT2D eigenvalue weighted by molar-refractivity contribution is 0.586. The van der Waals surface area contributed by atoms with E-state index < -0.39 is 9.84 Å². The molecule has 0 aromatic carbocycles. The third kappa shape index (κ3) is 8.25. The van der Waals surface area contributed by atoms with Gasteiger partial charge in [-0.25, -0.2) is 8.42 Å². The molecule has 0 saturated carbocycles. The van der Waals surface area contributed by atoms with Crippen molar-refractivity contribution in [1.82, 2.24) is 5.32 Å². The Hall–Kier alpha value is -0.0900. The molecule has 0 fully saturated rings. The summed E-state index contributed by atoms with van der Waals surface area (Å²) in [5.74, 6) is 0.720. The van der Waals surface area contributed by atoms with E-state index in [1.54, 1.807) is 0 Å². The van der Waals surface area contributed by atoms with E-state index in [1.165, 1.54) is 0 Å². The fourth-order valence-corrected chi connectivity index (χ4v) is 2.67. The summed E-state index contributed by atoms with van der Waals surface area (Å²) < 4.78 is 22.7. The third-order valence-corrected chi connectivity index (χ3v) is 3.76. The standard InChI is InChI=1S/C9H21NO2S/c1-3-4-8-13(11,12)9-6-5-7-10-2/h10H,3-9H2,1-2H3. The Morgan fingerprint density at radius 2 is 1.69 bits per heavy atom. The third-order valence-electron chi connectivity index (χ3n) is 1.94. The van der Waals surface area contributed by atoms with Gasteiger partial charge in [0.25, 0.3) is 0 Å². The molecule has 0 radical (unpaired) electrons. The molecule has 0 bridgehead atoms. The molecule has 0 unspecified atom stereocenters. The summed E-state index contributed by atoms with van der Waals surface area (Å²) in [6.45, 7) is 2.92. The second kappa shape index (κ2) is 7.33. The first-order valence-corrected chi connectivity index (χ1v) is 6.79. The van der Waals surface area contributed by atoms with Crippen molar-refractivity contribution in [3.05, 3.63) is 0 Å². The van der Waals surface area contributed by atoms with Crippen molar-refractivity contribution in [2.75, 3.05) is 25.1 Å². The van der Waals surface area contributed by atoms with Crippen LogP contribution in [0.25, 0.3) is 0 Å². The summed E-state index contributed by atoms with van der Waals surface area (Å²) in [6, 6.07) is 0. The van der Waals surface area contributed by atoms with Crippen LogP contribution in [-0.4, -0.2) is 33.5 Å². The quantitative estimate of drug-likeness (QED) is 0.608. The van der Waals surface area contributed by atoms with Gasteiger partial charge in [0.05, 0.1) is 11.5 Å². The van der Waals surface area contributed by atoms with Gasteiger partial charge in [0.15, 0.2) is 0 Å². The Morgan fingerprint density at radius 3 is 2.23 bits per heavy atom. The monoisotopic (exact) mass is 207 g/mol. The molecule has 80 valence electrons. The fraction of sp³-hybridized carbons (Fsp3) is 1.00. The molecule has 0 atom stereocenters. The van der Waals surface area contributed by atoms with E-state index >= 15 is 0 Å². The Labute approximate surface area is 81.8 Å². The predicted molar refractivity (Wildman–Crippen MR) is 56.7 cm³/mol. The van der Waals surface area contributed by atoms with Crippen molar-refractivity contribution in [3.8, 4) is 0 Å². The number of nitrogens with one attached hydrogen (secondary N) is 1. The molecule has 0 heterocycles. The maximum atomic E-state index is 11.3. The minimum Gasteiger partial charge on any atom is -0.320 e. The van der Waals surface area contributed by atoms with Crippen molar-refractivity contribution in [2.45, 2.75) is 32.6 Å². The number of unbranched alkanes of at least 4 members (excludes halogenated alkanes) is 2. The minimum absolute atomic E-state index is 0.356. The van der Waals surface area contributed by atoms with Gasteiger partial charge < -0.3 is 5.32 Å². The lowest BCUT2D eigenvalue weighted by Crippen LogP contribution is -2.13. The molecular weight excluding hydrogens is 186 g/mol. The van der Waals surface area contributed by atoms with Crippen LogP contribution in [0.3, 0.4) is 0 Å². The molecule has 0 aromatic rings. The van der Waals surface area contributed by atoms with E-state index in [9.17, 15) is 8.42 Å². The first kappa shape index (κ1) is 12.9. The summed E-state index contributed by atoms with van der Waals surface area (Å²) in [6.07, 6.45) is 3.48. The number of hydrogen-bond donors (Lipinski definition) is 1. The van der Waals surface area contributed by atoms with Gasteiger partial charge in [0, 0.05) is 0 Å². The summed E-state index contributed by atoms with van der Waals surface area (Å²) in [7, 11) is -0.871. The Bertz CT molecular complexity index is 200. The number of hydrogen-bond acceptors (Lipinski definition) is 3. The lowest BCUT2D eigenvalue weighted by atomic mass is 10.3. The van der Waals surface area contributed by atoms with Crippen LogP contribution >= 0.6 is 0 Å². The maximum absolute atomic E-state index is 11.3. The van der Waals surface area contributed by atoms with E-state index in [0.29, 0.717) is 11.5 Å². The van der Waals surface area contributed by atoms with Crippen molar-refractivity contribution in [2.24, 2.45) is 0 Å².